The second-order valence-electron chi connectivity index (χ2n) is 6.24. The highest BCUT2D eigenvalue weighted by Gasteiger charge is 2.49. The van der Waals surface area contributed by atoms with Gasteiger partial charge >= 0.3 is 11.9 Å². The largest absolute Gasteiger partial charge is 0.464 e. The number of hydrogen-bond acceptors (Lipinski definition) is 6. The Bertz CT molecular complexity index is 781. The van der Waals surface area contributed by atoms with Crippen LogP contribution >= 0.6 is 11.3 Å². The van der Waals surface area contributed by atoms with Crippen LogP contribution in [0.3, 0.4) is 0 Å². The van der Waals surface area contributed by atoms with E-state index >= 15 is 0 Å². The fourth-order valence-electron chi connectivity index (χ4n) is 2.89. The van der Waals surface area contributed by atoms with Crippen molar-refractivity contribution in [2.24, 2.45) is 0 Å². The Kier molecular flexibility index (Phi) is 7.75. The summed E-state index contributed by atoms with van der Waals surface area (Å²) in [5.74, 6) is -2.12. The fraction of sp³-hybridized carbons (Fsp3) is 0.381. The number of amides is 1. The zero-order valence-electron chi connectivity index (χ0n) is 16.3. The highest BCUT2D eigenvalue weighted by molar-refractivity contribution is 7.08. The summed E-state index contributed by atoms with van der Waals surface area (Å²) < 4.78 is 10.2. The Hall–Kier alpha value is -2.67. The lowest BCUT2D eigenvalue weighted by molar-refractivity contribution is -0.168. The first kappa shape index (κ1) is 21.6. The molecule has 1 amide bonds. The predicted octanol–water partition coefficient (Wildman–Crippen LogP) is 3.35. The van der Waals surface area contributed by atoms with Crippen LogP contribution in [0.5, 0.6) is 0 Å². The van der Waals surface area contributed by atoms with Gasteiger partial charge in [-0.05, 0) is 60.2 Å². The van der Waals surface area contributed by atoms with Gasteiger partial charge in [0.1, 0.15) is 0 Å². The maximum atomic E-state index is 12.6. The van der Waals surface area contributed by atoms with Crippen LogP contribution in [0.1, 0.15) is 32.8 Å². The van der Waals surface area contributed by atoms with E-state index in [1.807, 2.05) is 35.7 Å². The Morgan fingerprint density at radius 3 is 2.04 bits per heavy atom. The number of esters is 2. The minimum absolute atomic E-state index is 0.0437. The molecule has 1 aromatic carbocycles. The van der Waals surface area contributed by atoms with Crippen LogP contribution in [0.25, 0.3) is 11.1 Å². The van der Waals surface area contributed by atoms with E-state index < -0.39 is 23.4 Å². The first-order chi connectivity index (χ1) is 13.4. The average molecular weight is 404 g/mol. The lowest BCUT2D eigenvalue weighted by atomic mass is 9.90. The molecule has 0 saturated carbocycles. The zero-order valence-corrected chi connectivity index (χ0v) is 17.1. The Morgan fingerprint density at radius 1 is 0.964 bits per heavy atom. The molecule has 1 aromatic heterocycles. The summed E-state index contributed by atoms with van der Waals surface area (Å²) in [6, 6.07) is 9.92. The van der Waals surface area contributed by atoms with Crippen molar-refractivity contribution in [2.75, 3.05) is 13.2 Å². The molecule has 0 aliphatic heterocycles. The summed E-state index contributed by atoms with van der Waals surface area (Å²) in [5.41, 5.74) is 1.31. The molecule has 7 heteroatoms. The van der Waals surface area contributed by atoms with Gasteiger partial charge in [-0.15, -0.1) is 0 Å². The van der Waals surface area contributed by atoms with Gasteiger partial charge in [0.25, 0.3) is 0 Å². The maximum Gasteiger partial charge on any atom is 0.343 e. The molecule has 0 spiro atoms. The first-order valence-corrected chi connectivity index (χ1v) is 10.1. The molecule has 6 nitrogen and oxygen atoms in total. The maximum absolute atomic E-state index is 12.6. The van der Waals surface area contributed by atoms with Crippen molar-refractivity contribution in [2.45, 2.75) is 39.2 Å². The van der Waals surface area contributed by atoms with Crippen LogP contribution in [0.2, 0.25) is 0 Å². The molecule has 1 heterocycles. The fourth-order valence-corrected chi connectivity index (χ4v) is 3.55. The van der Waals surface area contributed by atoms with Gasteiger partial charge in [-0.25, -0.2) is 9.59 Å². The van der Waals surface area contributed by atoms with Crippen LogP contribution in [0.4, 0.5) is 0 Å². The van der Waals surface area contributed by atoms with Crippen molar-refractivity contribution < 1.29 is 23.9 Å². The van der Waals surface area contributed by atoms with E-state index in [0.717, 1.165) is 16.7 Å². The third-order valence-electron chi connectivity index (χ3n) is 4.23. The lowest BCUT2D eigenvalue weighted by Gasteiger charge is -2.29. The van der Waals surface area contributed by atoms with Crippen LogP contribution < -0.4 is 5.32 Å². The van der Waals surface area contributed by atoms with Gasteiger partial charge in [0.15, 0.2) is 0 Å². The molecule has 0 fully saturated rings. The summed E-state index contributed by atoms with van der Waals surface area (Å²) in [5, 5.41) is 6.57. The second kappa shape index (κ2) is 10.0. The number of carbonyl (C=O) groups is 3. The molecule has 0 radical (unpaired) electrons. The SMILES string of the molecule is CCOC(=O)C(CCc1ccc(-c2ccsc2)cc1)(NC(C)=O)C(=O)OCC. The second-order valence-corrected chi connectivity index (χ2v) is 7.02. The molecule has 0 saturated heterocycles. The molecular weight excluding hydrogens is 378 g/mol. The molecule has 150 valence electrons. The van der Waals surface area contributed by atoms with Crippen molar-refractivity contribution >= 4 is 29.2 Å². The summed E-state index contributed by atoms with van der Waals surface area (Å²) in [7, 11) is 0. The number of aryl methyl sites for hydroxylation is 1. The highest BCUT2D eigenvalue weighted by Crippen LogP contribution is 2.24. The average Bonchev–Trinajstić information content (AvgIpc) is 3.20. The lowest BCUT2D eigenvalue weighted by Crippen LogP contribution is -2.61. The smallest absolute Gasteiger partial charge is 0.343 e. The van der Waals surface area contributed by atoms with Crippen molar-refractivity contribution in [3.8, 4) is 11.1 Å². The number of benzene rings is 1. The van der Waals surface area contributed by atoms with Gasteiger partial charge < -0.3 is 14.8 Å². The van der Waals surface area contributed by atoms with E-state index in [1.165, 1.54) is 6.92 Å². The summed E-state index contributed by atoms with van der Waals surface area (Å²) in [4.78, 5) is 37.0. The molecule has 0 bridgehead atoms. The normalized spacial score (nSPS) is 11.0. The number of hydrogen-bond donors (Lipinski definition) is 1. The molecule has 0 aliphatic carbocycles. The summed E-state index contributed by atoms with van der Waals surface area (Å²) >= 11 is 1.63. The summed E-state index contributed by atoms with van der Waals surface area (Å²) in [6.07, 6.45) is 0.434. The Labute approximate surface area is 168 Å². The minimum atomic E-state index is -1.86. The predicted molar refractivity (Wildman–Crippen MR) is 108 cm³/mol. The van der Waals surface area contributed by atoms with E-state index in [-0.39, 0.29) is 19.6 Å². The molecular formula is C21H25NO5S. The standard InChI is InChI=1S/C21H25NO5S/c1-4-26-19(24)21(22-15(3)23,20(25)27-5-2)12-10-16-6-8-17(9-7-16)18-11-13-28-14-18/h6-9,11,13-14H,4-5,10,12H2,1-3H3,(H,22,23). The van der Waals surface area contributed by atoms with Crippen molar-refractivity contribution in [3.05, 3.63) is 46.7 Å². The van der Waals surface area contributed by atoms with E-state index in [1.54, 1.807) is 25.2 Å². The van der Waals surface area contributed by atoms with Gasteiger partial charge in [-0.3, -0.25) is 4.79 Å². The van der Waals surface area contributed by atoms with Gasteiger partial charge in [-0.1, -0.05) is 24.3 Å². The first-order valence-electron chi connectivity index (χ1n) is 9.17. The van der Waals surface area contributed by atoms with Gasteiger partial charge in [0.2, 0.25) is 11.4 Å². The molecule has 0 atom stereocenters. The molecule has 28 heavy (non-hydrogen) atoms. The van der Waals surface area contributed by atoms with Crippen molar-refractivity contribution in [1.82, 2.24) is 5.32 Å². The third-order valence-corrected chi connectivity index (χ3v) is 4.92. The van der Waals surface area contributed by atoms with Gasteiger partial charge in [0, 0.05) is 6.92 Å². The quantitative estimate of drug-likeness (QED) is 0.513. The molecule has 0 aliphatic rings. The number of thiophene rings is 1. The highest BCUT2D eigenvalue weighted by atomic mass is 32.1. The van der Waals surface area contributed by atoms with Gasteiger partial charge in [0.05, 0.1) is 13.2 Å². The number of rotatable bonds is 9. The number of ether oxygens (including phenoxy) is 2. The number of carbonyl (C=O) groups excluding carboxylic acids is 3. The molecule has 2 aromatic rings. The number of nitrogens with one attached hydrogen (secondary N) is 1. The van der Waals surface area contributed by atoms with E-state index in [9.17, 15) is 14.4 Å². The molecule has 0 unspecified atom stereocenters. The Morgan fingerprint density at radius 2 is 1.57 bits per heavy atom. The topological polar surface area (TPSA) is 81.7 Å². The molecule has 1 N–H and O–H groups in total. The summed E-state index contributed by atoms with van der Waals surface area (Å²) in [6.45, 7) is 4.72. The van der Waals surface area contributed by atoms with Crippen LogP contribution in [0.15, 0.2) is 41.1 Å². The third kappa shape index (κ3) is 5.19. The minimum Gasteiger partial charge on any atom is -0.464 e. The van der Waals surface area contributed by atoms with E-state index in [2.05, 4.69) is 10.7 Å². The van der Waals surface area contributed by atoms with Crippen molar-refractivity contribution in [1.29, 1.82) is 0 Å². The molecule has 2 rings (SSSR count). The van der Waals surface area contributed by atoms with Crippen molar-refractivity contribution in [3.63, 3.8) is 0 Å². The van der Waals surface area contributed by atoms with Gasteiger partial charge in [-0.2, -0.15) is 11.3 Å². The van der Waals surface area contributed by atoms with Crippen LogP contribution in [0, 0.1) is 0 Å². The monoisotopic (exact) mass is 403 g/mol. The zero-order chi connectivity index (χ0) is 20.6. The van der Waals surface area contributed by atoms with E-state index in [4.69, 9.17) is 9.47 Å². The van der Waals surface area contributed by atoms with Crippen LogP contribution in [-0.4, -0.2) is 36.6 Å². The van der Waals surface area contributed by atoms with E-state index in [0.29, 0.717) is 6.42 Å². The van der Waals surface area contributed by atoms with Crippen LogP contribution in [-0.2, 0) is 30.3 Å². The Balaban J connectivity index is 2.24.